The van der Waals surface area contributed by atoms with Crippen LogP contribution in [-0.4, -0.2) is 16.0 Å². The maximum atomic E-state index is 10.4. The van der Waals surface area contributed by atoms with Gasteiger partial charge in [0.05, 0.1) is 11.8 Å². The van der Waals surface area contributed by atoms with E-state index in [0.29, 0.717) is 5.56 Å². The van der Waals surface area contributed by atoms with Gasteiger partial charge in [0.25, 0.3) is 0 Å². The van der Waals surface area contributed by atoms with Crippen LogP contribution in [0.15, 0.2) is 12.4 Å². The zero-order valence-electron chi connectivity index (χ0n) is 4.92. The van der Waals surface area contributed by atoms with Gasteiger partial charge in [0.15, 0.2) is 5.78 Å². The van der Waals surface area contributed by atoms with E-state index in [1.165, 1.54) is 13.1 Å². The summed E-state index contributed by atoms with van der Waals surface area (Å²) in [6.07, 6.45) is 3.07. The van der Waals surface area contributed by atoms with Crippen molar-refractivity contribution in [3.8, 4) is 0 Å². The Hall–Kier alpha value is -0.830. The molecule has 1 heterocycles. The van der Waals surface area contributed by atoms with Gasteiger partial charge in [-0.05, 0) is 6.92 Å². The van der Waals surface area contributed by atoms with Crippen LogP contribution in [0, 0.1) is 0 Å². The monoisotopic (exact) mass is 146 g/mol. The van der Waals surface area contributed by atoms with Gasteiger partial charge < -0.3 is 0 Å². The summed E-state index contributed by atoms with van der Waals surface area (Å²) in [5.74, 6) is 0.0405. The van der Waals surface area contributed by atoms with Crippen molar-refractivity contribution >= 4 is 18.2 Å². The molecule has 0 amide bonds. The molecule has 4 heteroatoms. The highest BCUT2D eigenvalue weighted by molar-refractivity contribution is 5.93. The molecule has 0 radical (unpaired) electrons. The summed E-state index contributed by atoms with van der Waals surface area (Å²) in [5, 5.41) is 6.14. The van der Waals surface area contributed by atoms with Gasteiger partial charge >= 0.3 is 0 Å². The van der Waals surface area contributed by atoms with Gasteiger partial charge in [0.1, 0.15) is 0 Å². The van der Waals surface area contributed by atoms with Crippen LogP contribution in [0.25, 0.3) is 0 Å². The second-order valence-corrected chi connectivity index (χ2v) is 1.54. The molecule has 1 aromatic rings. The maximum absolute atomic E-state index is 10.4. The number of nitrogens with one attached hydrogen (secondary N) is 1. The summed E-state index contributed by atoms with van der Waals surface area (Å²) in [6, 6.07) is 0. The molecule has 0 saturated carbocycles. The number of H-pyrrole nitrogens is 1. The van der Waals surface area contributed by atoms with Gasteiger partial charge in [-0.3, -0.25) is 9.89 Å². The molecular weight excluding hydrogens is 140 g/mol. The molecule has 1 N–H and O–H groups in total. The number of ketones is 1. The van der Waals surface area contributed by atoms with Crippen LogP contribution in [0.5, 0.6) is 0 Å². The van der Waals surface area contributed by atoms with Gasteiger partial charge in [-0.25, -0.2) is 0 Å². The van der Waals surface area contributed by atoms with E-state index in [9.17, 15) is 4.79 Å². The molecule has 0 atom stereocenters. The zero-order chi connectivity index (χ0) is 5.98. The minimum Gasteiger partial charge on any atom is -0.294 e. The predicted molar refractivity (Wildman–Crippen MR) is 35.8 cm³/mol. The number of Topliss-reactive ketones (excluding diaryl/α,β-unsaturated/α-hetero) is 1. The van der Waals surface area contributed by atoms with Gasteiger partial charge in [0.2, 0.25) is 0 Å². The van der Waals surface area contributed by atoms with Gasteiger partial charge in [-0.1, -0.05) is 0 Å². The topological polar surface area (TPSA) is 45.8 Å². The third-order valence-electron chi connectivity index (χ3n) is 0.905. The lowest BCUT2D eigenvalue weighted by Gasteiger charge is -1.77. The Morgan fingerprint density at radius 1 is 1.78 bits per heavy atom. The first-order valence-corrected chi connectivity index (χ1v) is 2.30. The standard InChI is InChI=1S/C5H6N2O.ClH/c1-4(8)5-2-6-7-3-5;/h2-3H,1H3,(H,6,7);1H. The molecule has 0 bridgehead atoms. The first-order chi connectivity index (χ1) is 3.80. The van der Waals surface area contributed by atoms with Crippen LogP contribution in [-0.2, 0) is 0 Å². The fraction of sp³-hybridized carbons (Fsp3) is 0.200. The first-order valence-electron chi connectivity index (χ1n) is 2.30. The smallest absolute Gasteiger partial charge is 0.162 e. The Labute approximate surface area is 58.9 Å². The fourth-order valence-electron chi connectivity index (χ4n) is 0.443. The van der Waals surface area contributed by atoms with Crippen LogP contribution < -0.4 is 0 Å². The van der Waals surface area contributed by atoms with Gasteiger partial charge in [-0.15, -0.1) is 12.4 Å². The molecule has 9 heavy (non-hydrogen) atoms. The summed E-state index contributed by atoms with van der Waals surface area (Å²) in [7, 11) is 0. The fourth-order valence-corrected chi connectivity index (χ4v) is 0.443. The summed E-state index contributed by atoms with van der Waals surface area (Å²) in [4.78, 5) is 10.4. The van der Waals surface area contributed by atoms with Crippen molar-refractivity contribution in [3.05, 3.63) is 18.0 Å². The van der Waals surface area contributed by atoms with Crippen LogP contribution in [0.4, 0.5) is 0 Å². The number of rotatable bonds is 1. The van der Waals surface area contributed by atoms with Crippen molar-refractivity contribution < 1.29 is 4.79 Å². The molecule has 0 aliphatic rings. The largest absolute Gasteiger partial charge is 0.294 e. The van der Waals surface area contributed by atoms with E-state index < -0.39 is 0 Å². The van der Waals surface area contributed by atoms with Crippen molar-refractivity contribution in [1.29, 1.82) is 0 Å². The third-order valence-corrected chi connectivity index (χ3v) is 0.905. The van der Waals surface area contributed by atoms with E-state index in [2.05, 4.69) is 10.2 Å². The Kier molecular flexibility index (Phi) is 2.95. The van der Waals surface area contributed by atoms with Crippen LogP contribution in [0.3, 0.4) is 0 Å². The number of carbonyl (C=O) groups is 1. The van der Waals surface area contributed by atoms with E-state index in [1.807, 2.05) is 0 Å². The highest BCUT2D eigenvalue weighted by Gasteiger charge is 1.95. The summed E-state index contributed by atoms with van der Waals surface area (Å²) in [6.45, 7) is 1.50. The van der Waals surface area contributed by atoms with E-state index >= 15 is 0 Å². The molecule has 1 aromatic heterocycles. The minimum absolute atomic E-state index is 0. The lowest BCUT2D eigenvalue weighted by molar-refractivity contribution is 0.101. The first kappa shape index (κ1) is 8.17. The molecule has 0 aromatic carbocycles. The van der Waals surface area contributed by atoms with E-state index in [4.69, 9.17) is 0 Å². The van der Waals surface area contributed by atoms with Gasteiger partial charge in [-0.2, -0.15) is 5.10 Å². The molecule has 0 fully saturated rings. The second-order valence-electron chi connectivity index (χ2n) is 1.54. The number of hydrogen-bond acceptors (Lipinski definition) is 2. The van der Waals surface area contributed by atoms with Crippen molar-refractivity contribution in [3.63, 3.8) is 0 Å². The highest BCUT2D eigenvalue weighted by atomic mass is 35.5. The number of carbonyl (C=O) groups excluding carboxylic acids is 1. The van der Waals surface area contributed by atoms with E-state index in [0.717, 1.165) is 0 Å². The molecule has 3 nitrogen and oxygen atoms in total. The Balaban J connectivity index is 0.000000640. The van der Waals surface area contributed by atoms with Crippen molar-refractivity contribution in [2.75, 3.05) is 0 Å². The average Bonchev–Trinajstić information content (AvgIpc) is 2.12. The predicted octanol–water partition coefficient (Wildman–Crippen LogP) is 1.03. The average molecular weight is 147 g/mol. The number of nitrogens with zero attached hydrogens (tertiary/aromatic N) is 1. The van der Waals surface area contributed by atoms with Crippen LogP contribution in [0.2, 0.25) is 0 Å². The second kappa shape index (κ2) is 3.25. The lowest BCUT2D eigenvalue weighted by atomic mass is 10.3. The zero-order valence-corrected chi connectivity index (χ0v) is 5.73. The van der Waals surface area contributed by atoms with Crippen LogP contribution >= 0.6 is 12.4 Å². The molecule has 0 unspecified atom stereocenters. The number of aromatic amines is 1. The normalized spacial score (nSPS) is 8.11. The summed E-state index contributed by atoms with van der Waals surface area (Å²) in [5.41, 5.74) is 0.630. The number of halogens is 1. The van der Waals surface area contributed by atoms with E-state index in [-0.39, 0.29) is 18.2 Å². The van der Waals surface area contributed by atoms with Crippen molar-refractivity contribution in [2.45, 2.75) is 6.92 Å². The van der Waals surface area contributed by atoms with Crippen molar-refractivity contribution in [2.24, 2.45) is 0 Å². The number of hydrogen-bond donors (Lipinski definition) is 1. The Morgan fingerprint density at radius 2 is 2.44 bits per heavy atom. The van der Waals surface area contributed by atoms with Crippen molar-refractivity contribution in [1.82, 2.24) is 10.2 Å². The molecule has 0 saturated heterocycles. The third kappa shape index (κ3) is 1.85. The minimum atomic E-state index is 0. The van der Waals surface area contributed by atoms with Crippen LogP contribution in [0.1, 0.15) is 17.3 Å². The lowest BCUT2D eigenvalue weighted by Crippen LogP contribution is -1.85. The summed E-state index contributed by atoms with van der Waals surface area (Å²) >= 11 is 0. The molecular formula is C5H7ClN2O. The highest BCUT2D eigenvalue weighted by Crippen LogP contribution is 1.92. The Morgan fingerprint density at radius 3 is 2.67 bits per heavy atom. The Bertz CT molecular complexity index is 183. The molecule has 1 rings (SSSR count). The molecule has 0 spiro atoms. The summed E-state index contributed by atoms with van der Waals surface area (Å²) < 4.78 is 0. The maximum Gasteiger partial charge on any atom is 0.162 e. The van der Waals surface area contributed by atoms with E-state index in [1.54, 1.807) is 6.20 Å². The SMILES string of the molecule is CC(=O)c1cn[nH]c1.Cl. The van der Waals surface area contributed by atoms with Gasteiger partial charge in [0, 0.05) is 6.20 Å². The molecule has 50 valence electrons. The number of aromatic nitrogens is 2. The molecule has 0 aliphatic heterocycles. The molecule has 0 aliphatic carbocycles. The quantitative estimate of drug-likeness (QED) is 0.602.